The number of anilines is 1. The summed E-state index contributed by atoms with van der Waals surface area (Å²) in [6.07, 6.45) is 1.90. The van der Waals surface area contributed by atoms with Crippen LogP contribution in [0.1, 0.15) is 22.7 Å². The number of aromatic nitrogens is 1. The van der Waals surface area contributed by atoms with Crippen LogP contribution in [0.4, 0.5) is 14.6 Å². The van der Waals surface area contributed by atoms with Crippen molar-refractivity contribution in [2.24, 2.45) is 5.73 Å². The van der Waals surface area contributed by atoms with Crippen LogP contribution in [0.15, 0.2) is 30.5 Å². The van der Waals surface area contributed by atoms with Crippen LogP contribution < -0.4 is 11.5 Å². The molecule has 1 aromatic carbocycles. The van der Waals surface area contributed by atoms with Gasteiger partial charge in [0.15, 0.2) is 0 Å². The molecule has 0 aliphatic heterocycles. The average Bonchev–Trinajstić information content (AvgIpc) is 2.26. The lowest BCUT2D eigenvalue weighted by atomic mass is 9.97. The van der Waals surface area contributed by atoms with Crippen molar-refractivity contribution in [1.82, 2.24) is 4.98 Å². The summed E-state index contributed by atoms with van der Waals surface area (Å²) in [5.74, 6) is -0.875. The third-order valence-electron chi connectivity index (χ3n) is 2.99. The second kappa shape index (κ2) is 5.32. The molecular formula is C14H15F2N3. The first-order valence-corrected chi connectivity index (χ1v) is 5.89. The molecule has 19 heavy (non-hydrogen) atoms. The Labute approximate surface area is 110 Å². The van der Waals surface area contributed by atoms with Crippen molar-refractivity contribution in [3.05, 3.63) is 58.8 Å². The molecule has 2 aromatic rings. The van der Waals surface area contributed by atoms with Gasteiger partial charge >= 0.3 is 0 Å². The number of pyridine rings is 1. The molecule has 0 fully saturated rings. The maximum atomic E-state index is 13.1. The Morgan fingerprint density at radius 2 is 1.84 bits per heavy atom. The van der Waals surface area contributed by atoms with Crippen molar-refractivity contribution in [2.75, 3.05) is 5.73 Å². The van der Waals surface area contributed by atoms with Gasteiger partial charge in [-0.3, -0.25) is 0 Å². The second-order valence-electron chi connectivity index (χ2n) is 4.52. The Bertz CT molecular complexity index is 559. The summed E-state index contributed by atoms with van der Waals surface area (Å²) in [6, 6.07) is 4.72. The van der Waals surface area contributed by atoms with Crippen molar-refractivity contribution in [2.45, 2.75) is 19.4 Å². The normalized spacial score (nSPS) is 12.4. The summed E-state index contributed by atoms with van der Waals surface area (Å²) in [7, 11) is 0. The zero-order valence-corrected chi connectivity index (χ0v) is 10.5. The highest BCUT2D eigenvalue weighted by Gasteiger charge is 2.14. The van der Waals surface area contributed by atoms with Gasteiger partial charge in [0.2, 0.25) is 0 Å². The van der Waals surface area contributed by atoms with Gasteiger partial charge in [0.1, 0.15) is 17.5 Å². The molecule has 0 saturated carbocycles. The highest BCUT2D eigenvalue weighted by molar-refractivity contribution is 5.46. The fourth-order valence-corrected chi connectivity index (χ4v) is 2.16. The fourth-order valence-electron chi connectivity index (χ4n) is 2.16. The third kappa shape index (κ3) is 3.06. The minimum Gasteiger partial charge on any atom is -0.383 e. The molecule has 2 rings (SSSR count). The Morgan fingerprint density at radius 1 is 1.21 bits per heavy atom. The zero-order chi connectivity index (χ0) is 14.0. The molecule has 0 spiro atoms. The van der Waals surface area contributed by atoms with Crippen LogP contribution in [0, 0.1) is 18.6 Å². The van der Waals surface area contributed by atoms with Gasteiger partial charge in [-0.2, -0.15) is 0 Å². The summed E-state index contributed by atoms with van der Waals surface area (Å²) < 4.78 is 26.2. The third-order valence-corrected chi connectivity index (χ3v) is 2.99. The van der Waals surface area contributed by atoms with Crippen molar-refractivity contribution < 1.29 is 8.78 Å². The van der Waals surface area contributed by atoms with E-state index in [1.807, 2.05) is 6.92 Å². The van der Waals surface area contributed by atoms with E-state index in [2.05, 4.69) is 4.98 Å². The van der Waals surface area contributed by atoms with Crippen molar-refractivity contribution in [3.63, 3.8) is 0 Å². The predicted octanol–water partition coefficient (Wildman–Crippen LogP) is 2.49. The summed E-state index contributed by atoms with van der Waals surface area (Å²) >= 11 is 0. The van der Waals surface area contributed by atoms with Crippen LogP contribution >= 0.6 is 0 Å². The molecule has 100 valence electrons. The van der Waals surface area contributed by atoms with Gasteiger partial charge in [-0.1, -0.05) is 0 Å². The average molecular weight is 263 g/mol. The summed E-state index contributed by atoms with van der Waals surface area (Å²) in [6.45, 7) is 1.87. The minimum absolute atomic E-state index is 0.297. The fraction of sp³-hybridized carbons (Fsp3) is 0.214. The standard InChI is InChI=1S/C14H15F2N3/c1-8-2-3-19-14(18)13(8)12(17)6-9-4-10(15)7-11(16)5-9/h2-5,7,12H,6,17H2,1H3,(H2,18,19). The molecule has 0 aliphatic rings. The molecule has 5 heteroatoms. The number of hydrogen-bond donors (Lipinski definition) is 2. The number of hydrogen-bond acceptors (Lipinski definition) is 3. The Hall–Kier alpha value is -2.01. The molecule has 0 radical (unpaired) electrons. The molecule has 1 aromatic heterocycles. The van der Waals surface area contributed by atoms with E-state index < -0.39 is 17.7 Å². The van der Waals surface area contributed by atoms with E-state index in [1.54, 1.807) is 12.3 Å². The van der Waals surface area contributed by atoms with E-state index in [-0.39, 0.29) is 0 Å². The number of halogens is 2. The van der Waals surface area contributed by atoms with Crippen LogP contribution in [0.5, 0.6) is 0 Å². The van der Waals surface area contributed by atoms with Crippen molar-refractivity contribution >= 4 is 5.82 Å². The van der Waals surface area contributed by atoms with E-state index in [9.17, 15) is 8.78 Å². The van der Waals surface area contributed by atoms with Crippen LogP contribution in [0.25, 0.3) is 0 Å². The molecule has 1 heterocycles. The minimum atomic E-state index is -0.613. The summed E-state index contributed by atoms with van der Waals surface area (Å²) in [4.78, 5) is 3.99. The van der Waals surface area contributed by atoms with E-state index in [0.29, 0.717) is 23.4 Å². The first kappa shape index (κ1) is 13.4. The molecule has 3 nitrogen and oxygen atoms in total. The van der Waals surface area contributed by atoms with Crippen LogP contribution in [0.3, 0.4) is 0 Å². The van der Waals surface area contributed by atoms with Gasteiger partial charge in [0, 0.05) is 23.9 Å². The van der Waals surface area contributed by atoms with E-state index in [1.165, 1.54) is 12.1 Å². The molecule has 1 atom stereocenters. The Kier molecular flexibility index (Phi) is 3.76. The number of nitrogens with zero attached hydrogens (tertiary/aromatic N) is 1. The topological polar surface area (TPSA) is 64.9 Å². The van der Waals surface area contributed by atoms with Gasteiger partial charge < -0.3 is 11.5 Å². The molecule has 1 unspecified atom stereocenters. The van der Waals surface area contributed by atoms with E-state index in [4.69, 9.17) is 11.5 Å². The van der Waals surface area contributed by atoms with Crippen molar-refractivity contribution in [3.8, 4) is 0 Å². The lowest BCUT2D eigenvalue weighted by Gasteiger charge is -2.16. The predicted molar refractivity (Wildman–Crippen MR) is 70.4 cm³/mol. The summed E-state index contributed by atoms with van der Waals surface area (Å²) in [5, 5.41) is 0. The van der Waals surface area contributed by atoms with Crippen LogP contribution in [-0.4, -0.2) is 4.98 Å². The number of aryl methyl sites for hydroxylation is 1. The number of rotatable bonds is 3. The van der Waals surface area contributed by atoms with E-state index >= 15 is 0 Å². The lowest BCUT2D eigenvalue weighted by molar-refractivity contribution is 0.576. The smallest absolute Gasteiger partial charge is 0.128 e. The molecule has 0 aliphatic carbocycles. The number of nitrogens with two attached hydrogens (primary N) is 2. The van der Waals surface area contributed by atoms with Crippen molar-refractivity contribution in [1.29, 1.82) is 0 Å². The number of benzene rings is 1. The Morgan fingerprint density at radius 3 is 2.42 bits per heavy atom. The number of nitrogen functional groups attached to an aromatic ring is 1. The zero-order valence-electron chi connectivity index (χ0n) is 10.5. The van der Waals surface area contributed by atoms with Crippen LogP contribution in [-0.2, 0) is 6.42 Å². The highest BCUT2D eigenvalue weighted by atomic mass is 19.1. The SMILES string of the molecule is Cc1ccnc(N)c1C(N)Cc1cc(F)cc(F)c1. The monoisotopic (exact) mass is 263 g/mol. The highest BCUT2D eigenvalue weighted by Crippen LogP contribution is 2.24. The van der Waals surface area contributed by atoms with Gasteiger partial charge in [-0.05, 0) is 42.7 Å². The summed E-state index contributed by atoms with van der Waals surface area (Å²) in [5.41, 5.74) is 14.0. The molecular weight excluding hydrogens is 248 g/mol. The quantitative estimate of drug-likeness (QED) is 0.894. The first-order chi connectivity index (χ1) is 8.97. The molecule has 0 amide bonds. The molecule has 0 bridgehead atoms. The maximum Gasteiger partial charge on any atom is 0.128 e. The second-order valence-corrected chi connectivity index (χ2v) is 4.52. The first-order valence-electron chi connectivity index (χ1n) is 5.89. The van der Waals surface area contributed by atoms with Gasteiger partial charge in [-0.15, -0.1) is 0 Å². The largest absolute Gasteiger partial charge is 0.383 e. The van der Waals surface area contributed by atoms with Gasteiger partial charge in [0.05, 0.1) is 0 Å². The Balaban J connectivity index is 2.28. The van der Waals surface area contributed by atoms with Crippen LogP contribution in [0.2, 0.25) is 0 Å². The lowest BCUT2D eigenvalue weighted by Crippen LogP contribution is -2.17. The van der Waals surface area contributed by atoms with E-state index in [0.717, 1.165) is 11.6 Å². The molecule has 0 saturated heterocycles. The maximum absolute atomic E-state index is 13.1. The van der Waals surface area contributed by atoms with Gasteiger partial charge in [0.25, 0.3) is 0 Å². The van der Waals surface area contributed by atoms with Gasteiger partial charge in [-0.25, -0.2) is 13.8 Å². The molecule has 4 N–H and O–H groups in total.